The molecule has 1 fully saturated rings. The van der Waals surface area contributed by atoms with Crippen LogP contribution < -0.4 is 15.0 Å². The minimum absolute atomic E-state index is 0.0156. The maximum Gasteiger partial charge on any atom is 0.453 e. The number of alkyl halides is 3. The number of amides is 1. The maximum atomic E-state index is 13.1. The molecule has 0 aliphatic carbocycles. The van der Waals surface area contributed by atoms with Gasteiger partial charge in [-0.25, -0.2) is 0 Å². The Morgan fingerprint density at radius 3 is 2.66 bits per heavy atom. The predicted molar refractivity (Wildman–Crippen MR) is 120 cm³/mol. The van der Waals surface area contributed by atoms with Crippen molar-refractivity contribution >= 4 is 23.2 Å². The molecular formula is C22H21F3N8O2. The van der Waals surface area contributed by atoms with Crippen molar-refractivity contribution < 1.29 is 22.7 Å². The molecule has 10 nitrogen and oxygen atoms in total. The number of fused-ring (bicyclic) bond motifs is 1. The van der Waals surface area contributed by atoms with Crippen molar-refractivity contribution in [1.82, 2.24) is 30.0 Å². The summed E-state index contributed by atoms with van der Waals surface area (Å²) in [6.07, 6.45) is -3.62. The first-order valence-electron chi connectivity index (χ1n) is 10.9. The number of piperidine rings is 1. The Kier molecular flexibility index (Phi) is 5.75. The molecule has 1 saturated heterocycles. The number of aromatic nitrogens is 6. The fourth-order valence-electron chi connectivity index (χ4n) is 4.11. The smallest absolute Gasteiger partial charge is 0.453 e. The lowest BCUT2D eigenvalue weighted by Crippen LogP contribution is -2.38. The lowest BCUT2D eigenvalue weighted by molar-refractivity contribution is -0.146. The molecule has 0 bridgehead atoms. The van der Waals surface area contributed by atoms with Gasteiger partial charge in [0.1, 0.15) is 11.6 Å². The summed E-state index contributed by atoms with van der Waals surface area (Å²) in [4.78, 5) is 14.7. The molecule has 0 unspecified atom stereocenters. The van der Waals surface area contributed by atoms with Gasteiger partial charge < -0.3 is 15.0 Å². The monoisotopic (exact) mass is 486 g/mol. The normalized spacial score (nSPS) is 14.9. The molecule has 1 aliphatic heterocycles. The van der Waals surface area contributed by atoms with Crippen LogP contribution >= 0.6 is 0 Å². The van der Waals surface area contributed by atoms with E-state index in [0.29, 0.717) is 53.5 Å². The molecule has 182 valence electrons. The summed E-state index contributed by atoms with van der Waals surface area (Å²) in [5.41, 5.74) is 1.55. The largest absolute Gasteiger partial charge is 0.496 e. The number of para-hydroxylation sites is 1. The summed E-state index contributed by atoms with van der Waals surface area (Å²) < 4.78 is 45.5. The van der Waals surface area contributed by atoms with Crippen LogP contribution in [0.3, 0.4) is 0 Å². The molecule has 0 atom stereocenters. The highest BCUT2D eigenvalue weighted by Gasteiger charge is 2.38. The number of hydrogen-bond donors (Lipinski definition) is 2. The highest BCUT2D eigenvalue weighted by Crippen LogP contribution is 2.31. The van der Waals surface area contributed by atoms with Crippen molar-refractivity contribution in [2.24, 2.45) is 5.92 Å². The van der Waals surface area contributed by atoms with Gasteiger partial charge in [0.25, 0.3) is 5.82 Å². The molecule has 3 aromatic heterocycles. The van der Waals surface area contributed by atoms with E-state index in [9.17, 15) is 18.0 Å². The van der Waals surface area contributed by atoms with E-state index in [0.717, 1.165) is 5.56 Å². The second-order valence-corrected chi connectivity index (χ2v) is 8.10. The van der Waals surface area contributed by atoms with Crippen molar-refractivity contribution in [3.05, 3.63) is 48.3 Å². The number of nitrogens with one attached hydrogen (secondary N) is 2. The number of nitrogens with zero attached hydrogens (tertiary/aromatic N) is 6. The van der Waals surface area contributed by atoms with E-state index >= 15 is 0 Å². The fourth-order valence-corrected chi connectivity index (χ4v) is 4.11. The summed E-state index contributed by atoms with van der Waals surface area (Å²) in [6.45, 7) is 0.931. The summed E-state index contributed by atoms with van der Waals surface area (Å²) in [5.74, 6) is -0.142. The van der Waals surface area contributed by atoms with Gasteiger partial charge in [-0.2, -0.15) is 22.8 Å². The quantitative estimate of drug-likeness (QED) is 0.445. The summed E-state index contributed by atoms with van der Waals surface area (Å²) in [7, 11) is 1.58. The number of carbonyl (C=O) groups excluding carboxylic acids is 1. The molecule has 0 saturated carbocycles. The number of H-pyrrole nitrogens is 1. The lowest BCUT2D eigenvalue weighted by Gasteiger charge is -2.31. The van der Waals surface area contributed by atoms with Crippen molar-refractivity contribution in [3.8, 4) is 17.0 Å². The van der Waals surface area contributed by atoms with Crippen molar-refractivity contribution in [3.63, 3.8) is 0 Å². The van der Waals surface area contributed by atoms with Crippen LogP contribution in [0.1, 0.15) is 18.7 Å². The SMILES string of the molecule is COc1ccccc1-c1cc(NC(=O)C2CCN(c3ccc4nnc(C(F)(F)F)n4n3)CC2)n[nH]1. The number of hydrogen-bond acceptors (Lipinski definition) is 7. The number of anilines is 2. The minimum atomic E-state index is -4.66. The van der Waals surface area contributed by atoms with Gasteiger partial charge in [0.05, 0.1) is 12.8 Å². The second kappa shape index (κ2) is 8.89. The van der Waals surface area contributed by atoms with Gasteiger partial charge >= 0.3 is 6.18 Å². The molecule has 35 heavy (non-hydrogen) atoms. The van der Waals surface area contributed by atoms with Crippen molar-refractivity contribution in [2.45, 2.75) is 19.0 Å². The number of aromatic amines is 1. The van der Waals surface area contributed by atoms with Crippen molar-refractivity contribution in [2.75, 3.05) is 30.4 Å². The molecule has 1 amide bonds. The third kappa shape index (κ3) is 4.48. The summed E-state index contributed by atoms with van der Waals surface area (Å²) >= 11 is 0. The van der Waals surface area contributed by atoms with Gasteiger partial charge in [-0.05, 0) is 37.1 Å². The van der Waals surface area contributed by atoms with Crippen LogP contribution in [-0.2, 0) is 11.0 Å². The average molecular weight is 486 g/mol. The van der Waals surface area contributed by atoms with E-state index in [-0.39, 0.29) is 17.5 Å². The first kappa shape index (κ1) is 22.6. The summed E-state index contributed by atoms with van der Waals surface area (Å²) in [6, 6.07) is 12.3. The van der Waals surface area contributed by atoms with E-state index in [1.807, 2.05) is 29.2 Å². The molecule has 5 rings (SSSR count). The number of carbonyl (C=O) groups is 1. The van der Waals surface area contributed by atoms with Crippen LogP contribution in [0, 0.1) is 5.92 Å². The summed E-state index contributed by atoms with van der Waals surface area (Å²) in [5, 5.41) is 20.7. The van der Waals surface area contributed by atoms with Crippen LogP contribution in [0.5, 0.6) is 5.75 Å². The van der Waals surface area contributed by atoms with E-state index in [1.54, 1.807) is 19.2 Å². The van der Waals surface area contributed by atoms with E-state index in [1.165, 1.54) is 6.07 Å². The number of rotatable bonds is 5. The van der Waals surface area contributed by atoms with Gasteiger partial charge in [-0.1, -0.05) is 12.1 Å². The molecule has 13 heteroatoms. The third-order valence-corrected chi connectivity index (χ3v) is 5.92. The minimum Gasteiger partial charge on any atom is -0.496 e. The van der Waals surface area contributed by atoms with Crippen LogP contribution in [0.25, 0.3) is 16.9 Å². The zero-order chi connectivity index (χ0) is 24.6. The second-order valence-electron chi connectivity index (χ2n) is 8.10. The van der Waals surface area contributed by atoms with Crippen LogP contribution in [0.4, 0.5) is 24.8 Å². The maximum absolute atomic E-state index is 13.1. The predicted octanol–water partition coefficient (Wildman–Crippen LogP) is 3.40. The molecule has 4 heterocycles. The van der Waals surface area contributed by atoms with Crippen LogP contribution in [-0.4, -0.2) is 56.1 Å². The Morgan fingerprint density at radius 1 is 1.14 bits per heavy atom. The van der Waals surface area contributed by atoms with Gasteiger partial charge in [-0.15, -0.1) is 15.3 Å². The van der Waals surface area contributed by atoms with Crippen molar-refractivity contribution in [1.29, 1.82) is 0 Å². The number of benzene rings is 1. The van der Waals surface area contributed by atoms with Gasteiger partial charge in [0.2, 0.25) is 5.91 Å². The Hall–Kier alpha value is -4.16. The molecule has 2 N–H and O–H groups in total. The Labute approximate surface area is 197 Å². The Balaban J connectivity index is 1.23. The molecule has 1 aromatic carbocycles. The topological polar surface area (TPSA) is 113 Å². The molecule has 0 radical (unpaired) electrons. The van der Waals surface area contributed by atoms with Gasteiger partial charge in [-0.3, -0.25) is 9.89 Å². The first-order valence-corrected chi connectivity index (χ1v) is 10.9. The zero-order valence-corrected chi connectivity index (χ0v) is 18.6. The number of ether oxygens (including phenoxy) is 1. The number of halogens is 3. The van der Waals surface area contributed by atoms with Gasteiger partial charge in [0, 0.05) is 30.6 Å². The van der Waals surface area contributed by atoms with Crippen LogP contribution in [0.2, 0.25) is 0 Å². The molecule has 4 aromatic rings. The highest BCUT2D eigenvalue weighted by atomic mass is 19.4. The van der Waals surface area contributed by atoms with E-state index in [4.69, 9.17) is 4.74 Å². The first-order chi connectivity index (χ1) is 16.8. The average Bonchev–Trinajstić information content (AvgIpc) is 3.50. The van der Waals surface area contributed by atoms with Gasteiger partial charge in [0.15, 0.2) is 11.5 Å². The Bertz CT molecular complexity index is 1360. The van der Waals surface area contributed by atoms with E-state index < -0.39 is 12.0 Å². The number of methoxy groups -OCH3 is 1. The molecular weight excluding hydrogens is 465 g/mol. The highest BCUT2D eigenvalue weighted by molar-refractivity contribution is 5.92. The van der Waals surface area contributed by atoms with E-state index in [2.05, 4.69) is 30.8 Å². The fraction of sp³-hybridized carbons (Fsp3) is 0.318. The third-order valence-electron chi connectivity index (χ3n) is 5.92. The standard InChI is InChI=1S/C22H21F3N8O2/c1-35-16-5-3-2-4-14(16)15-12-17(28-27-15)26-20(34)13-8-10-32(11-9-13)19-7-6-18-29-30-21(22(23,24)25)33(18)31-19/h2-7,12-13H,8-11H2,1H3,(H2,26,27,28,34). The Morgan fingerprint density at radius 2 is 1.91 bits per heavy atom. The molecule has 1 aliphatic rings. The van der Waals surface area contributed by atoms with Crippen LogP contribution in [0.15, 0.2) is 42.5 Å². The lowest BCUT2D eigenvalue weighted by atomic mass is 9.96. The zero-order valence-electron chi connectivity index (χ0n) is 18.6. The molecule has 0 spiro atoms.